The summed E-state index contributed by atoms with van der Waals surface area (Å²) in [5, 5.41) is 3.40. The summed E-state index contributed by atoms with van der Waals surface area (Å²) in [4.78, 5) is 0. The lowest BCUT2D eigenvalue weighted by Crippen LogP contribution is -2.16. The molecule has 13 heavy (non-hydrogen) atoms. The SMILES string of the molecule is CCCCNCCCCCN.SI. The molecule has 0 aliphatic carbocycles. The zero-order valence-corrected chi connectivity index (χ0v) is 11.6. The van der Waals surface area contributed by atoms with Gasteiger partial charge in [-0.25, -0.2) is 0 Å². The van der Waals surface area contributed by atoms with Crippen LogP contribution in [0.4, 0.5) is 0 Å². The molecule has 0 radical (unpaired) electrons. The first-order valence-electron chi connectivity index (χ1n) is 4.99. The van der Waals surface area contributed by atoms with Crippen LogP contribution in [0.5, 0.6) is 0 Å². The number of halogens is 1. The maximum Gasteiger partial charge on any atom is -0.00489 e. The molecule has 0 aromatic heterocycles. The molecule has 0 unspecified atom stereocenters. The largest absolute Gasteiger partial charge is 0.330 e. The lowest BCUT2D eigenvalue weighted by atomic mass is 10.2. The van der Waals surface area contributed by atoms with Crippen LogP contribution in [0.2, 0.25) is 0 Å². The second kappa shape index (κ2) is 18.7. The first-order chi connectivity index (χ1) is 6.41. The van der Waals surface area contributed by atoms with E-state index in [4.69, 9.17) is 5.73 Å². The van der Waals surface area contributed by atoms with Crippen molar-refractivity contribution in [3.8, 4) is 0 Å². The molecule has 0 amide bonds. The van der Waals surface area contributed by atoms with E-state index in [1.54, 1.807) is 0 Å². The fourth-order valence-corrected chi connectivity index (χ4v) is 0.998. The monoisotopic (exact) mass is 318 g/mol. The number of rotatable bonds is 8. The van der Waals surface area contributed by atoms with E-state index in [-0.39, 0.29) is 0 Å². The van der Waals surface area contributed by atoms with E-state index in [1.165, 1.54) is 45.2 Å². The Bertz CT molecular complexity index is 66.6. The van der Waals surface area contributed by atoms with Crippen molar-refractivity contribution in [3.05, 3.63) is 0 Å². The summed E-state index contributed by atoms with van der Waals surface area (Å²) in [6.45, 7) is 5.41. The molecule has 3 N–H and O–H groups in total. The highest BCUT2D eigenvalue weighted by Gasteiger charge is 1.87. The first-order valence-corrected chi connectivity index (χ1v) is 8.22. The van der Waals surface area contributed by atoms with Gasteiger partial charge in [0.2, 0.25) is 0 Å². The minimum absolute atomic E-state index is 0.842. The Balaban J connectivity index is 0. The van der Waals surface area contributed by atoms with Gasteiger partial charge in [-0.15, -0.1) is 9.80 Å². The van der Waals surface area contributed by atoms with E-state index in [0.29, 0.717) is 0 Å². The Morgan fingerprint density at radius 2 is 1.69 bits per heavy atom. The summed E-state index contributed by atoms with van der Waals surface area (Å²) >= 11 is 1.84. The molecule has 0 aromatic rings. The minimum atomic E-state index is 0.842. The topological polar surface area (TPSA) is 38.0 Å². The standard InChI is InChI=1S/C9H22N2.HIS/c1-2-3-8-11-9-6-4-5-7-10;1-2/h11H,2-10H2,1H3;2H. The fourth-order valence-electron chi connectivity index (χ4n) is 0.998. The molecule has 0 aliphatic heterocycles. The third-order valence-electron chi connectivity index (χ3n) is 1.76. The van der Waals surface area contributed by atoms with Crippen LogP contribution in [-0.2, 0) is 0 Å². The Hall–Kier alpha value is 1.00. The minimum Gasteiger partial charge on any atom is -0.330 e. The lowest BCUT2D eigenvalue weighted by molar-refractivity contribution is 0.588. The van der Waals surface area contributed by atoms with E-state index in [0.717, 1.165) is 6.54 Å². The van der Waals surface area contributed by atoms with Crippen molar-refractivity contribution in [2.45, 2.75) is 39.0 Å². The maximum absolute atomic E-state index is 5.37. The van der Waals surface area contributed by atoms with Gasteiger partial charge in [-0.05, 0) is 60.1 Å². The maximum atomic E-state index is 5.37. The smallest absolute Gasteiger partial charge is 0.00489 e. The number of unbranched alkanes of at least 4 members (excludes halogenated alkanes) is 3. The van der Waals surface area contributed by atoms with Gasteiger partial charge in [0.05, 0.1) is 0 Å². The lowest BCUT2D eigenvalue weighted by Gasteiger charge is -2.02. The van der Waals surface area contributed by atoms with Gasteiger partial charge < -0.3 is 11.1 Å². The molecule has 82 valence electrons. The molecule has 0 saturated heterocycles. The van der Waals surface area contributed by atoms with Crippen LogP contribution in [0, 0.1) is 0 Å². The Kier molecular flexibility index (Phi) is 23.7. The molecule has 0 rings (SSSR count). The number of hydrogen-bond donors (Lipinski definition) is 3. The highest BCUT2D eigenvalue weighted by molar-refractivity contribution is 14.2. The van der Waals surface area contributed by atoms with Crippen LogP contribution in [0.3, 0.4) is 0 Å². The molecule has 4 heteroatoms. The van der Waals surface area contributed by atoms with Crippen LogP contribution in [-0.4, -0.2) is 19.6 Å². The van der Waals surface area contributed by atoms with Crippen molar-refractivity contribution in [1.29, 1.82) is 0 Å². The first kappa shape index (κ1) is 16.4. The number of nitrogens with one attached hydrogen (secondary N) is 1. The second-order valence-electron chi connectivity index (χ2n) is 2.95. The molecular formula is C9H23IN2S. The fraction of sp³-hybridized carbons (Fsp3) is 1.00. The average Bonchev–Trinajstić information content (AvgIpc) is 2.20. The Labute approximate surface area is 100 Å². The molecule has 2 nitrogen and oxygen atoms in total. The van der Waals surface area contributed by atoms with E-state index in [9.17, 15) is 0 Å². The average molecular weight is 318 g/mol. The zero-order chi connectivity index (χ0) is 10.4. The molecule has 0 heterocycles. The van der Waals surface area contributed by atoms with Gasteiger partial charge >= 0.3 is 0 Å². The zero-order valence-electron chi connectivity index (χ0n) is 8.56. The van der Waals surface area contributed by atoms with Gasteiger partial charge in [-0.3, -0.25) is 0 Å². The predicted octanol–water partition coefficient (Wildman–Crippen LogP) is 2.77. The van der Waals surface area contributed by atoms with Crippen LogP contribution in [0.25, 0.3) is 0 Å². The van der Waals surface area contributed by atoms with Crippen molar-refractivity contribution in [2.24, 2.45) is 5.73 Å². The third kappa shape index (κ3) is 19.4. The number of thiol groups is 1. The summed E-state index contributed by atoms with van der Waals surface area (Å²) < 4.78 is 0. The van der Waals surface area contributed by atoms with Crippen molar-refractivity contribution in [3.63, 3.8) is 0 Å². The van der Waals surface area contributed by atoms with Crippen LogP contribution in [0.15, 0.2) is 0 Å². The van der Waals surface area contributed by atoms with Gasteiger partial charge in [0.25, 0.3) is 0 Å². The summed E-state index contributed by atoms with van der Waals surface area (Å²) in [6, 6.07) is 0. The summed E-state index contributed by atoms with van der Waals surface area (Å²) in [5.74, 6) is 0. The van der Waals surface area contributed by atoms with Crippen LogP contribution < -0.4 is 11.1 Å². The molecule has 0 aromatic carbocycles. The molecule has 0 saturated carbocycles. The molecule has 0 aliphatic rings. The second-order valence-corrected chi connectivity index (χ2v) is 2.95. The summed E-state index contributed by atoms with van der Waals surface area (Å²) in [5.41, 5.74) is 5.37. The van der Waals surface area contributed by atoms with E-state index in [1.807, 2.05) is 21.2 Å². The molecular weight excluding hydrogens is 295 g/mol. The van der Waals surface area contributed by atoms with Crippen molar-refractivity contribution < 1.29 is 0 Å². The van der Waals surface area contributed by atoms with Crippen molar-refractivity contribution in [2.75, 3.05) is 19.6 Å². The Morgan fingerprint density at radius 1 is 1.08 bits per heavy atom. The summed E-state index contributed by atoms with van der Waals surface area (Å²) in [6.07, 6.45) is 6.32. The quantitative estimate of drug-likeness (QED) is 0.366. The van der Waals surface area contributed by atoms with Gasteiger partial charge in [0.15, 0.2) is 0 Å². The molecule has 0 spiro atoms. The van der Waals surface area contributed by atoms with Gasteiger partial charge in [0.1, 0.15) is 0 Å². The van der Waals surface area contributed by atoms with E-state index < -0.39 is 0 Å². The van der Waals surface area contributed by atoms with Gasteiger partial charge in [-0.1, -0.05) is 19.8 Å². The van der Waals surface area contributed by atoms with E-state index >= 15 is 0 Å². The van der Waals surface area contributed by atoms with Crippen molar-refractivity contribution >= 4 is 31.0 Å². The predicted molar refractivity (Wildman–Crippen MR) is 73.7 cm³/mol. The summed E-state index contributed by atoms with van der Waals surface area (Å²) in [7, 11) is 3.50. The molecule has 0 atom stereocenters. The normalized spacial score (nSPS) is 9.23. The Morgan fingerprint density at radius 3 is 2.23 bits per heavy atom. The van der Waals surface area contributed by atoms with Gasteiger partial charge in [-0.2, -0.15) is 0 Å². The highest BCUT2D eigenvalue weighted by atomic mass is 127. The number of nitrogens with two attached hydrogens (primary N) is 1. The molecule has 0 bridgehead atoms. The van der Waals surface area contributed by atoms with Crippen molar-refractivity contribution in [1.82, 2.24) is 5.32 Å². The highest BCUT2D eigenvalue weighted by Crippen LogP contribution is 1.91. The molecule has 0 fully saturated rings. The van der Waals surface area contributed by atoms with Crippen LogP contribution >= 0.6 is 31.0 Å². The number of hydrogen-bond acceptors (Lipinski definition) is 3. The van der Waals surface area contributed by atoms with Gasteiger partial charge in [0, 0.05) is 0 Å². The van der Waals surface area contributed by atoms with E-state index in [2.05, 4.69) is 22.0 Å². The van der Waals surface area contributed by atoms with Crippen LogP contribution in [0.1, 0.15) is 39.0 Å². The third-order valence-corrected chi connectivity index (χ3v) is 1.76.